The molecule has 7 heteroatoms. The predicted molar refractivity (Wildman–Crippen MR) is 93.8 cm³/mol. The van der Waals surface area contributed by atoms with Crippen molar-refractivity contribution in [3.05, 3.63) is 80.3 Å². The lowest BCUT2D eigenvalue weighted by molar-refractivity contribution is -0.255. The van der Waals surface area contributed by atoms with Crippen LogP contribution < -0.4 is 10.5 Å². The van der Waals surface area contributed by atoms with Gasteiger partial charge in [-0.3, -0.25) is 4.79 Å². The Hall–Kier alpha value is -2.70. The number of carboxylic acid groups (broad SMARTS) is 1. The van der Waals surface area contributed by atoms with Crippen molar-refractivity contribution in [2.45, 2.75) is 13.0 Å². The van der Waals surface area contributed by atoms with Gasteiger partial charge in [0.2, 0.25) is 0 Å². The second kappa shape index (κ2) is 7.27. The second-order valence-electron chi connectivity index (χ2n) is 5.80. The molecule has 0 radical (unpaired) electrons. The molecule has 0 saturated heterocycles. The van der Waals surface area contributed by atoms with Crippen molar-refractivity contribution < 1.29 is 19.4 Å². The molecule has 26 heavy (non-hydrogen) atoms. The van der Waals surface area contributed by atoms with Crippen molar-refractivity contribution in [2.24, 2.45) is 0 Å². The lowest BCUT2D eigenvalue weighted by Gasteiger charge is -2.14. The number of fused-ring (bicyclic) bond motifs is 1. The lowest BCUT2D eigenvalue weighted by atomic mass is 10.0. The van der Waals surface area contributed by atoms with Crippen molar-refractivity contribution >= 4 is 28.5 Å². The molecular weight excluding hydrogens is 361 g/mol. The summed E-state index contributed by atoms with van der Waals surface area (Å²) in [7, 11) is 0. The van der Waals surface area contributed by atoms with Gasteiger partial charge in [0, 0.05) is 35.1 Å². The van der Waals surface area contributed by atoms with E-state index in [0.29, 0.717) is 16.6 Å². The largest absolute Gasteiger partial charge is 0.545 e. The first-order chi connectivity index (χ1) is 12.4. The van der Waals surface area contributed by atoms with Gasteiger partial charge in [-0.1, -0.05) is 23.7 Å². The molecule has 0 amide bonds. The SMILES string of the molecule is O=C([O-])c1cn(CCO)c2ccc(Cc3c(F)cccc3Cl)cc2c1=O. The topological polar surface area (TPSA) is 82.4 Å². The van der Waals surface area contributed by atoms with Gasteiger partial charge in [0.1, 0.15) is 5.82 Å². The van der Waals surface area contributed by atoms with Crippen LogP contribution in [0.3, 0.4) is 0 Å². The van der Waals surface area contributed by atoms with Crippen LogP contribution in [0.1, 0.15) is 21.5 Å². The monoisotopic (exact) mass is 374 g/mol. The quantitative estimate of drug-likeness (QED) is 0.737. The zero-order valence-electron chi connectivity index (χ0n) is 13.5. The third-order valence-electron chi connectivity index (χ3n) is 4.15. The Morgan fingerprint density at radius 3 is 2.69 bits per heavy atom. The van der Waals surface area contributed by atoms with Crippen LogP contribution in [0.15, 0.2) is 47.4 Å². The Morgan fingerprint density at radius 2 is 2.04 bits per heavy atom. The van der Waals surface area contributed by atoms with E-state index in [9.17, 15) is 24.2 Å². The standard InChI is InChI=1S/C19H15ClFNO4/c20-15-2-1-3-16(21)12(15)8-11-4-5-17-13(9-11)18(24)14(19(25)26)10-22(17)6-7-23/h1-5,9-10,23H,6-8H2,(H,25,26)/p-1. The molecule has 1 N–H and O–H groups in total. The molecule has 0 aliphatic carbocycles. The zero-order valence-corrected chi connectivity index (χ0v) is 14.3. The Kier molecular flexibility index (Phi) is 5.06. The van der Waals surface area contributed by atoms with Gasteiger partial charge in [-0.2, -0.15) is 0 Å². The molecule has 1 heterocycles. The Labute approximate surface area is 152 Å². The summed E-state index contributed by atoms with van der Waals surface area (Å²) >= 11 is 6.04. The van der Waals surface area contributed by atoms with Crippen molar-refractivity contribution in [1.29, 1.82) is 0 Å². The number of rotatable bonds is 5. The average molecular weight is 375 g/mol. The summed E-state index contributed by atoms with van der Waals surface area (Å²) < 4.78 is 15.5. The van der Waals surface area contributed by atoms with Gasteiger partial charge < -0.3 is 19.6 Å². The van der Waals surface area contributed by atoms with Gasteiger partial charge in [0.25, 0.3) is 0 Å². The fourth-order valence-corrected chi connectivity index (χ4v) is 3.13. The van der Waals surface area contributed by atoms with E-state index < -0.39 is 22.8 Å². The first-order valence-electron chi connectivity index (χ1n) is 7.83. The van der Waals surface area contributed by atoms with E-state index in [4.69, 9.17) is 11.6 Å². The van der Waals surface area contributed by atoms with Crippen LogP contribution >= 0.6 is 11.6 Å². The molecule has 3 aromatic rings. The summed E-state index contributed by atoms with van der Waals surface area (Å²) in [5.74, 6) is -2.05. The number of hydrogen-bond acceptors (Lipinski definition) is 4. The van der Waals surface area contributed by atoms with E-state index in [2.05, 4.69) is 0 Å². The maximum Gasteiger partial charge on any atom is 0.198 e. The Morgan fingerprint density at radius 1 is 1.27 bits per heavy atom. The predicted octanol–water partition coefficient (Wildman–Crippen LogP) is 1.74. The minimum atomic E-state index is -1.59. The number of hydrogen-bond donors (Lipinski definition) is 1. The third-order valence-corrected chi connectivity index (χ3v) is 4.50. The Balaban J connectivity index is 2.17. The first-order valence-corrected chi connectivity index (χ1v) is 8.21. The van der Waals surface area contributed by atoms with Crippen molar-refractivity contribution in [3.63, 3.8) is 0 Å². The van der Waals surface area contributed by atoms with Crippen molar-refractivity contribution in [2.75, 3.05) is 6.61 Å². The van der Waals surface area contributed by atoms with E-state index in [0.717, 1.165) is 6.20 Å². The maximum absolute atomic E-state index is 14.0. The lowest BCUT2D eigenvalue weighted by Crippen LogP contribution is -2.30. The minimum absolute atomic E-state index is 0.121. The van der Waals surface area contributed by atoms with E-state index in [-0.39, 0.29) is 30.0 Å². The second-order valence-corrected chi connectivity index (χ2v) is 6.21. The van der Waals surface area contributed by atoms with Crippen LogP contribution in [0.5, 0.6) is 0 Å². The molecule has 0 bridgehead atoms. The molecule has 0 saturated carbocycles. The van der Waals surface area contributed by atoms with Gasteiger partial charge >= 0.3 is 0 Å². The summed E-state index contributed by atoms with van der Waals surface area (Å²) in [4.78, 5) is 23.7. The smallest absolute Gasteiger partial charge is 0.198 e. The number of aliphatic hydroxyl groups excluding tert-OH is 1. The van der Waals surface area contributed by atoms with Crippen LogP contribution in [0.25, 0.3) is 10.9 Å². The first kappa shape index (κ1) is 18.1. The fraction of sp³-hybridized carbons (Fsp3) is 0.158. The summed E-state index contributed by atoms with van der Waals surface area (Å²) in [6.07, 6.45) is 1.31. The molecule has 0 atom stereocenters. The van der Waals surface area contributed by atoms with Gasteiger partial charge in [-0.05, 0) is 29.8 Å². The summed E-state index contributed by atoms with van der Waals surface area (Å²) in [6, 6.07) is 9.22. The van der Waals surface area contributed by atoms with Gasteiger partial charge in [-0.15, -0.1) is 0 Å². The number of benzene rings is 2. The number of carbonyl (C=O) groups excluding carboxylic acids is 1. The van der Waals surface area contributed by atoms with Crippen LogP contribution in [0.2, 0.25) is 5.02 Å². The van der Waals surface area contributed by atoms with Crippen molar-refractivity contribution in [1.82, 2.24) is 4.57 Å². The molecule has 0 unspecified atom stereocenters. The molecule has 0 fully saturated rings. The number of halogens is 2. The number of carbonyl (C=O) groups is 1. The zero-order chi connectivity index (χ0) is 18.8. The van der Waals surface area contributed by atoms with Gasteiger partial charge in [0.05, 0.1) is 23.7 Å². The molecular formula is C19H14ClFNO4-. The molecule has 0 aliphatic heterocycles. The number of aliphatic hydroxyl groups is 1. The summed E-state index contributed by atoms with van der Waals surface area (Å²) in [5.41, 5.74) is 0.188. The third kappa shape index (κ3) is 3.34. The average Bonchev–Trinajstić information content (AvgIpc) is 2.60. The Bertz CT molecular complexity index is 1040. The molecule has 5 nitrogen and oxygen atoms in total. The highest BCUT2D eigenvalue weighted by molar-refractivity contribution is 6.31. The number of nitrogens with zero attached hydrogens (tertiary/aromatic N) is 1. The molecule has 134 valence electrons. The van der Waals surface area contributed by atoms with E-state index >= 15 is 0 Å². The number of pyridine rings is 1. The van der Waals surface area contributed by atoms with E-state index in [1.54, 1.807) is 18.2 Å². The van der Waals surface area contributed by atoms with Gasteiger partial charge in [0.15, 0.2) is 5.43 Å². The number of aromatic carboxylic acids is 1. The minimum Gasteiger partial charge on any atom is -0.545 e. The maximum atomic E-state index is 14.0. The molecule has 0 spiro atoms. The highest BCUT2D eigenvalue weighted by atomic mass is 35.5. The number of carboxylic acids is 1. The van der Waals surface area contributed by atoms with E-state index in [1.807, 2.05) is 0 Å². The van der Waals surface area contributed by atoms with E-state index in [1.165, 1.54) is 22.8 Å². The normalized spacial score (nSPS) is 11.0. The highest BCUT2D eigenvalue weighted by Crippen LogP contribution is 2.24. The van der Waals surface area contributed by atoms with Crippen molar-refractivity contribution in [3.8, 4) is 0 Å². The molecule has 1 aromatic heterocycles. The fourth-order valence-electron chi connectivity index (χ4n) is 2.90. The molecule has 3 rings (SSSR count). The molecule has 2 aromatic carbocycles. The van der Waals surface area contributed by atoms with Crippen LogP contribution in [0.4, 0.5) is 4.39 Å². The van der Waals surface area contributed by atoms with Crippen LogP contribution in [-0.4, -0.2) is 22.2 Å². The van der Waals surface area contributed by atoms with Crippen LogP contribution in [-0.2, 0) is 13.0 Å². The van der Waals surface area contributed by atoms with Gasteiger partial charge in [-0.25, -0.2) is 4.39 Å². The summed E-state index contributed by atoms with van der Waals surface area (Å²) in [6.45, 7) is -0.105. The molecule has 0 aliphatic rings. The number of aromatic nitrogens is 1. The van der Waals surface area contributed by atoms with Crippen LogP contribution in [0, 0.1) is 5.82 Å². The summed E-state index contributed by atoms with van der Waals surface area (Å²) in [5, 5.41) is 20.8. The highest BCUT2D eigenvalue weighted by Gasteiger charge is 2.13.